The standard InChI is InChI=1S/C20H28N2O2/c1-6-10-22(7-2)14-16-8-9-21-18(11-16)17-12-19(23-4)15(3)20(13-17)24-5/h8-9,11-13H,6-7,10,14H2,1-5H3. The molecule has 0 fully saturated rings. The predicted octanol–water partition coefficient (Wildman–Crippen LogP) is 4.31. The minimum atomic E-state index is 0.817. The van der Waals surface area contributed by atoms with Gasteiger partial charge in [0.05, 0.1) is 19.9 Å². The number of nitrogens with zero attached hydrogens (tertiary/aromatic N) is 2. The molecular weight excluding hydrogens is 300 g/mol. The van der Waals surface area contributed by atoms with Crippen molar-refractivity contribution >= 4 is 0 Å². The van der Waals surface area contributed by atoms with Gasteiger partial charge in [-0.3, -0.25) is 9.88 Å². The summed E-state index contributed by atoms with van der Waals surface area (Å²) in [5.74, 6) is 1.63. The number of aromatic nitrogens is 1. The minimum Gasteiger partial charge on any atom is -0.496 e. The van der Waals surface area contributed by atoms with E-state index in [4.69, 9.17) is 9.47 Å². The number of methoxy groups -OCH3 is 2. The first-order valence-corrected chi connectivity index (χ1v) is 8.53. The molecule has 0 radical (unpaired) electrons. The van der Waals surface area contributed by atoms with Crippen LogP contribution in [0.25, 0.3) is 11.3 Å². The van der Waals surface area contributed by atoms with E-state index in [1.165, 1.54) is 5.56 Å². The summed E-state index contributed by atoms with van der Waals surface area (Å²) < 4.78 is 11.0. The second-order valence-electron chi connectivity index (χ2n) is 5.92. The number of ether oxygens (including phenoxy) is 2. The van der Waals surface area contributed by atoms with E-state index < -0.39 is 0 Å². The molecule has 1 heterocycles. The summed E-state index contributed by atoms with van der Waals surface area (Å²) in [6, 6.07) is 8.29. The van der Waals surface area contributed by atoms with Gasteiger partial charge in [0.15, 0.2) is 0 Å². The Labute approximate surface area is 145 Å². The first kappa shape index (κ1) is 18.3. The first-order valence-electron chi connectivity index (χ1n) is 8.53. The van der Waals surface area contributed by atoms with Gasteiger partial charge in [-0.2, -0.15) is 0 Å². The molecule has 0 aliphatic heterocycles. The van der Waals surface area contributed by atoms with Crippen molar-refractivity contribution in [1.82, 2.24) is 9.88 Å². The van der Waals surface area contributed by atoms with Gasteiger partial charge < -0.3 is 9.47 Å². The van der Waals surface area contributed by atoms with E-state index >= 15 is 0 Å². The van der Waals surface area contributed by atoms with Crippen LogP contribution in [0.4, 0.5) is 0 Å². The highest BCUT2D eigenvalue weighted by molar-refractivity contribution is 5.66. The maximum absolute atomic E-state index is 5.48. The summed E-state index contributed by atoms with van der Waals surface area (Å²) in [5, 5.41) is 0. The molecule has 1 aromatic carbocycles. The molecule has 0 aliphatic carbocycles. The van der Waals surface area contributed by atoms with E-state index in [2.05, 4.69) is 35.9 Å². The molecule has 0 amide bonds. The number of hydrogen-bond donors (Lipinski definition) is 0. The van der Waals surface area contributed by atoms with Crippen LogP contribution in [0.15, 0.2) is 30.5 Å². The molecule has 2 aromatic rings. The Morgan fingerprint density at radius 1 is 1.04 bits per heavy atom. The molecule has 0 unspecified atom stereocenters. The normalized spacial score (nSPS) is 10.9. The van der Waals surface area contributed by atoms with Gasteiger partial charge in [-0.25, -0.2) is 0 Å². The van der Waals surface area contributed by atoms with Crippen molar-refractivity contribution in [3.05, 3.63) is 41.6 Å². The molecular formula is C20H28N2O2. The summed E-state index contributed by atoms with van der Waals surface area (Å²) in [7, 11) is 3.36. The van der Waals surface area contributed by atoms with Gasteiger partial charge in [0.2, 0.25) is 0 Å². The van der Waals surface area contributed by atoms with Gasteiger partial charge in [-0.15, -0.1) is 0 Å². The fourth-order valence-electron chi connectivity index (χ4n) is 2.89. The lowest BCUT2D eigenvalue weighted by Gasteiger charge is -2.20. The van der Waals surface area contributed by atoms with Crippen LogP contribution in [0.3, 0.4) is 0 Å². The van der Waals surface area contributed by atoms with Crippen LogP contribution >= 0.6 is 0 Å². The predicted molar refractivity (Wildman–Crippen MR) is 98.8 cm³/mol. The van der Waals surface area contributed by atoms with Gasteiger partial charge in [0, 0.05) is 23.9 Å². The van der Waals surface area contributed by atoms with Crippen LogP contribution < -0.4 is 9.47 Å². The molecule has 4 heteroatoms. The Bertz CT molecular complexity index is 645. The van der Waals surface area contributed by atoms with E-state index in [0.717, 1.165) is 54.4 Å². The highest BCUT2D eigenvalue weighted by Gasteiger charge is 2.11. The summed E-state index contributed by atoms with van der Waals surface area (Å²) >= 11 is 0. The summed E-state index contributed by atoms with van der Waals surface area (Å²) in [4.78, 5) is 6.98. The van der Waals surface area contributed by atoms with Crippen molar-refractivity contribution in [2.24, 2.45) is 0 Å². The molecule has 0 bridgehead atoms. The van der Waals surface area contributed by atoms with Crippen molar-refractivity contribution in [1.29, 1.82) is 0 Å². The molecule has 2 rings (SSSR count). The third kappa shape index (κ3) is 4.26. The molecule has 0 atom stereocenters. The maximum Gasteiger partial charge on any atom is 0.126 e. The van der Waals surface area contributed by atoms with Crippen molar-refractivity contribution in [2.75, 3.05) is 27.3 Å². The zero-order chi connectivity index (χ0) is 17.5. The van der Waals surface area contributed by atoms with Gasteiger partial charge in [-0.05, 0) is 56.3 Å². The van der Waals surface area contributed by atoms with Crippen LogP contribution in [0, 0.1) is 6.92 Å². The highest BCUT2D eigenvalue weighted by atomic mass is 16.5. The second kappa shape index (κ2) is 8.69. The van der Waals surface area contributed by atoms with E-state index in [-0.39, 0.29) is 0 Å². The molecule has 0 spiro atoms. The average Bonchev–Trinajstić information content (AvgIpc) is 2.61. The molecule has 24 heavy (non-hydrogen) atoms. The third-order valence-electron chi connectivity index (χ3n) is 4.27. The zero-order valence-corrected chi connectivity index (χ0v) is 15.4. The van der Waals surface area contributed by atoms with E-state index in [9.17, 15) is 0 Å². The summed E-state index contributed by atoms with van der Waals surface area (Å²) in [6.45, 7) is 9.52. The first-order chi connectivity index (χ1) is 11.6. The fraction of sp³-hybridized carbons (Fsp3) is 0.450. The van der Waals surface area contributed by atoms with Crippen LogP contribution in [0.5, 0.6) is 11.5 Å². The van der Waals surface area contributed by atoms with Crippen LogP contribution in [-0.2, 0) is 6.54 Å². The third-order valence-corrected chi connectivity index (χ3v) is 4.27. The lowest BCUT2D eigenvalue weighted by molar-refractivity contribution is 0.280. The van der Waals surface area contributed by atoms with Crippen molar-refractivity contribution in [3.63, 3.8) is 0 Å². The minimum absolute atomic E-state index is 0.817. The van der Waals surface area contributed by atoms with Crippen molar-refractivity contribution < 1.29 is 9.47 Å². The molecule has 0 saturated carbocycles. The Kier molecular flexibility index (Phi) is 6.62. The summed E-state index contributed by atoms with van der Waals surface area (Å²) in [6.07, 6.45) is 3.04. The number of hydrogen-bond acceptors (Lipinski definition) is 4. The average molecular weight is 328 g/mol. The van der Waals surface area contributed by atoms with E-state index in [1.807, 2.05) is 25.3 Å². The number of rotatable bonds is 8. The second-order valence-corrected chi connectivity index (χ2v) is 5.92. The number of benzene rings is 1. The van der Waals surface area contributed by atoms with Gasteiger partial charge in [0.25, 0.3) is 0 Å². The molecule has 0 saturated heterocycles. The largest absolute Gasteiger partial charge is 0.496 e. The highest BCUT2D eigenvalue weighted by Crippen LogP contribution is 2.33. The topological polar surface area (TPSA) is 34.6 Å². The Morgan fingerprint density at radius 2 is 1.71 bits per heavy atom. The Morgan fingerprint density at radius 3 is 2.25 bits per heavy atom. The lowest BCUT2D eigenvalue weighted by Crippen LogP contribution is -2.23. The van der Waals surface area contributed by atoms with E-state index in [0.29, 0.717) is 0 Å². The lowest BCUT2D eigenvalue weighted by atomic mass is 10.0. The smallest absolute Gasteiger partial charge is 0.126 e. The fourth-order valence-corrected chi connectivity index (χ4v) is 2.89. The van der Waals surface area contributed by atoms with Gasteiger partial charge in [0.1, 0.15) is 11.5 Å². The van der Waals surface area contributed by atoms with Crippen LogP contribution in [-0.4, -0.2) is 37.2 Å². The molecule has 1 aromatic heterocycles. The van der Waals surface area contributed by atoms with Crippen molar-refractivity contribution in [2.45, 2.75) is 33.7 Å². The SMILES string of the molecule is CCCN(CC)Cc1ccnc(-c2cc(OC)c(C)c(OC)c2)c1. The Balaban J connectivity index is 2.34. The van der Waals surface area contributed by atoms with Crippen molar-refractivity contribution in [3.8, 4) is 22.8 Å². The van der Waals surface area contributed by atoms with E-state index in [1.54, 1.807) is 14.2 Å². The quantitative estimate of drug-likeness (QED) is 0.723. The maximum atomic E-state index is 5.48. The Hall–Kier alpha value is -2.07. The molecule has 0 N–H and O–H groups in total. The summed E-state index contributed by atoms with van der Waals surface area (Å²) in [5.41, 5.74) is 4.22. The molecule has 4 nitrogen and oxygen atoms in total. The monoisotopic (exact) mass is 328 g/mol. The van der Waals surface area contributed by atoms with Gasteiger partial charge in [-0.1, -0.05) is 13.8 Å². The van der Waals surface area contributed by atoms with Gasteiger partial charge >= 0.3 is 0 Å². The van der Waals surface area contributed by atoms with Crippen LogP contribution in [0.2, 0.25) is 0 Å². The zero-order valence-electron chi connectivity index (χ0n) is 15.4. The molecule has 0 aliphatic rings. The molecule has 130 valence electrons. The van der Waals surface area contributed by atoms with Crippen LogP contribution in [0.1, 0.15) is 31.4 Å². The number of pyridine rings is 1.